The van der Waals surface area contributed by atoms with Gasteiger partial charge in [-0.25, -0.2) is 4.39 Å². The third-order valence-corrected chi connectivity index (χ3v) is 2.61. The van der Waals surface area contributed by atoms with Crippen molar-refractivity contribution < 1.29 is 4.39 Å². The number of halogens is 1. The highest BCUT2D eigenvalue weighted by molar-refractivity contribution is 7.22. The van der Waals surface area contributed by atoms with Crippen LogP contribution >= 0.6 is 11.3 Å². The second kappa shape index (κ2) is 2.35. The minimum Gasteiger partial charge on any atom is -0.396 e. The van der Waals surface area contributed by atoms with Crippen molar-refractivity contribution in [1.29, 1.82) is 0 Å². The number of fused-ring (bicyclic) bond motifs is 1. The lowest BCUT2D eigenvalue weighted by Gasteiger charge is -1.95. The first kappa shape index (κ1) is 7.36. The Bertz CT molecular complexity index is 436. The fraction of sp³-hybridized carbons (Fsp3) is 0. The van der Waals surface area contributed by atoms with Gasteiger partial charge in [0.15, 0.2) is 5.82 Å². The molecule has 12 heavy (non-hydrogen) atoms. The summed E-state index contributed by atoms with van der Waals surface area (Å²) in [6, 6.07) is 4.92. The average molecular weight is 182 g/mol. The van der Waals surface area contributed by atoms with Crippen LogP contribution in [-0.2, 0) is 0 Å². The monoisotopic (exact) mass is 182 g/mol. The molecule has 1 aromatic heterocycles. The van der Waals surface area contributed by atoms with Gasteiger partial charge in [0.1, 0.15) is 0 Å². The van der Waals surface area contributed by atoms with Crippen molar-refractivity contribution in [3.63, 3.8) is 0 Å². The molecule has 1 aromatic carbocycles. The molecule has 0 unspecified atom stereocenters. The van der Waals surface area contributed by atoms with Gasteiger partial charge in [-0.15, -0.1) is 11.3 Å². The predicted molar refractivity (Wildman–Crippen MR) is 50.6 cm³/mol. The number of rotatable bonds is 0. The number of nitrogen functional groups attached to an aromatic ring is 2. The maximum Gasteiger partial charge on any atom is 0.154 e. The lowest BCUT2D eigenvalue weighted by atomic mass is 10.2. The molecule has 0 aliphatic heterocycles. The van der Waals surface area contributed by atoms with Gasteiger partial charge in [0, 0.05) is 10.1 Å². The van der Waals surface area contributed by atoms with Gasteiger partial charge in [0.2, 0.25) is 0 Å². The molecule has 2 nitrogen and oxygen atoms in total. The van der Waals surface area contributed by atoms with E-state index in [-0.39, 0.29) is 11.5 Å². The number of anilines is 2. The summed E-state index contributed by atoms with van der Waals surface area (Å²) in [5, 5.41) is 1.12. The van der Waals surface area contributed by atoms with Crippen LogP contribution in [0.25, 0.3) is 10.1 Å². The van der Waals surface area contributed by atoms with E-state index < -0.39 is 0 Å². The number of hydrogen-bond acceptors (Lipinski definition) is 3. The molecule has 1 heterocycles. The first-order chi connectivity index (χ1) is 5.68. The van der Waals surface area contributed by atoms with E-state index in [0.717, 1.165) is 4.70 Å². The maximum atomic E-state index is 13.2. The Morgan fingerprint density at radius 3 is 2.75 bits per heavy atom. The van der Waals surface area contributed by atoms with Crippen molar-refractivity contribution in [3.05, 3.63) is 24.0 Å². The van der Waals surface area contributed by atoms with Crippen molar-refractivity contribution in [2.75, 3.05) is 11.5 Å². The predicted octanol–water partition coefficient (Wildman–Crippen LogP) is 2.20. The van der Waals surface area contributed by atoms with Gasteiger partial charge < -0.3 is 11.5 Å². The Balaban J connectivity index is 2.89. The topological polar surface area (TPSA) is 52.0 Å². The van der Waals surface area contributed by atoms with Crippen LogP contribution in [0.3, 0.4) is 0 Å². The molecule has 4 heteroatoms. The summed E-state index contributed by atoms with van der Waals surface area (Å²) in [4.78, 5) is 0. The normalized spacial score (nSPS) is 10.8. The number of nitrogens with two attached hydrogens (primary N) is 2. The van der Waals surface area contributed by atoms with Gasteiger partial charge in [-0.05, 0) is 18.2 Å². The lowest BCUT2D eigenvalue weighted by Crippen LogP contribution is -1.88. The van der Waals surface area contributed by atoms with Gasteiger partial charge in [-0.2, -0.15) is 0 Å². The largest absolute Gasteiger partial charge is 0.396 e. The number of thiophene rings is 1. The molecule has 0 saturated carbocycles. The molecular formula is C8H7FN2S. The molecule has 4 N–H and O–H groups in total. The Kier molecular flexibility index (Phi) is 1.44. The molecule has 0 saturated heterocycles. The third-order valence-electron chi connectivity index (χ3n) is 1.68. The van der Waals surface area contributed by atoms with Crippen LogP contribution in [0.4, 0.5) is 15.1 Å². The Morgan fingerprint density at radius 1 is 1.25 bits per heavy atom. The second-order valence-electron chi connectivity index (χ2n) is 2.53. The molecule has 0 radical (unpaired) electrons. The summed E-state index contributed by atoms with van der Waals surface area (Å²) < 4.78 is 14.1. The SMILES string of the molecule is Nc1cc2c(F)c(N)ccc2s1. The fourth-order valence-corrected chi connectivity index (χ4v) is 1.94. The van der Waals surface area contributed by atoms with Crippen molar-refractivity contribution in [2.24, 2.45) is 0 Å². The standard InChI is InChI=1S/C8H7FN2S/c9-8-4-3-7(11)12-6(4)2-1-5(8)10/h1-3H,10-11H2. The van der Waals surface area contributed by atoms with Crippen LogP contribution in [0.15, 0.2) is 18.2 Å². The van der Waals surface area contributed by atoms with Crippen LogP contribution < -0.4 is 11.5 Å². The molecule has 0 spiro atoms. The summed E-state index contributed by atoms with van der Waals surface area (Å²) in [5.74, 6) is -0.375. The maximum absolute atomic E-state index is 13.2. The van der Waals surface area contributed by atoms with Gasteiger partial charge in [0.05, 0.1) is 10.7 Å². The smallest absolute Gasteiger partial charge is 0.154 e. The van der Waals surface area contributed by atoms with Crippen molar-refractivity contribution in [1.82, 2.24) is 0 Å². The summed E-state index contributed by atoms with van der Waals surface area (Å²) in [7, 11) is 0. The molecule has 0 fully saturated rings. The van der Waals surface area contributed by atoms with E-state index in [1.54, 1.807) is 18.2 Å². The molecule has 0 atom stereocenters. The van der Waals surface area contributed by atoms with Crippen molar-refractivity contribution in [3.8, 4) is 0 Å². The molecule has 0 aliphatic rings. The molecule has 2 aromatic rings. The van der Waals surface area contributed by atoms with Crippen LogP contribution in [0.2, 0.25) is 0 Å². The van der Waals surface area contributed by atoms with E-state index in [0.29, 0.717) is 10.4 Å². The highest BCUT2D eigenvalue weighted by atomic mass is 32.1. The van der Waals surface area contributed by atoms with Crippen LogP contribution in [0.1, 0.15) is 0 Å². The Hall–Kier alpha value is -1.29. The molecule has 62 valence electrons. The molecule has 0 amide bonds. The Labute approximate surface area is 72.6 Å². The summed E-state index contributed by atoms with van der Waals surface area (Å²) in [6.45, 7) is 0. The zero-order valence-corrected chi connectivity index (χ0v) is 6.99. The Morgan fingerprint density at radius 2 is 2.00 bits per heavy atom. The van der Waals surface area contributed by atoms with Gasteiger partial charge in [0.25, 0.3) is 0 Å². The zero-order valence-electron chi connectivity index (χ0n) is 6.17. The van der Waals surface area contributed by atoms with Crippen LogP contribution in [-0.4, -0.2) is 0 Å². The van der Waals surface area contributed by atoms with Crippen molar-refractivity contribution in [2.45, 2.75) is 0 Å². The summed E-state index contributed by atoms with van der Waals surface area (Å²) in [5.41, 5.74) is 11.1. The first-order valence-corrected chi connectivity index (χ1v) is 4.23. The van der Waals surface area contributed by atoms with E-state index in [2.05, 4.69) is 0 Å². The lowest BCUT2D eigenvalue weighted by molar-refractivity contribution is 0.644. The van der Waals surface area contributed by atoms with Crippen LogP contribution in [0.5, 0.6) is 0 Å². The van der Waals surface area contributed by atoms with Gasteiger partial charge in [-0.1, -0.05) is 0 Å². The minimum absolute atomic E-state index is 0.167. The summed E-state index contributed by atoms with van der Waals surface area (Å²) in [6.07, 6.45) is 0. The van der Waals surface area contributed by atoms with Gasteiger partial charge >= 0.3 is 0 Å². The molecule has 0 bridgehead atoms. The summed E-state index contributed by atoms with van der Waals surface area (Å²) >= 11 is 1.36. The molecule has 0 aliphatic carbocycles. The van der Waals surface area contributed by atoms with E-state index in [1.807, 2.05) is 0 Å². The van der Waals surface area contributed by atoms with E-state index in [9.17, 15) is 4.39 Å². The quantitative estimate of drug-likeness (QED) is 0.614. The highest BCUT2D eigenvalue weighted by Crippen LogP contribution is 2.31. The second-order valence-corrected chi connectivity index (χ2v) is 3.64. The van der Waals surface area contributed by atoms with E-state index >= 15 is 0 Å². The molecule has 2 rings (SSSR count). The molecular weight excluding hydrogens is 175 g/mol. The van der Waals surface area contributed by atoms with Gasteiger partial charge in [-0.3, -0.25) is 0 Å². The number of hydrogen-bond donors (Lipinski definition) is 2. The highest BCUT2D eigenvalue weighted by Gasteiger charge is 2.06. The fourth-order valence-electron chi connectivity index (χ4n) is 1.11. The first-order valence-electron chi connectivity index (χ1n) is 3.41. The van der Waals surface area contributed by atoms with Crippen molar-refractivity contribution >= 4 is 32.1 Å². The third kappa shape index (κ3) is 0.921. The van der Waals surface area contributed by atoms with E-state index in [4.69, 9.17) is 11.5 Å². The number of benzene rings is 1. The zero-order chi connectivity index (χ0) is 8.72. The average Bonchev–Trinajstić information content (AvgIpc) is 2.39. The van der Waals surface area contributed by atoms with E-state index in [1.165, 1.54) is 11.3 Å². The minimum atomic E-state index is -0.375. The van der Waals surface area contributed by atoms with Crippen LogP contribution in [0, 0.1) is 5.82 Å².